The summed E-state index contributed by atoms with van der Waals surface area (Å²) >= 11 is 1.57. The zero-order chi connectivity index (χ0) is 18.4. The Kier molecular flexibility index (Phi) is 6.45. The van der Waals surface area contributed by atoms with Crippen LogP contribution in [0.4, 0.5) is 0 Å². The lowest BCUT2D eigenvalue weighted by molar-refractivity contribution is -0.129. The summed E-state index contributed by atoms with van der Waals surface area (Å²) in [4.78, 5) is 15.5. The molecule has 2 aromatic rings. The molecule has 26 heavy (non-hydrogen) atoms. The second kappa shape index (κ2) is 8.99. The van der Waals surface area contributed by atoms with E-state index in [1.54, 1.807) is 23.9 Å². The van der Waals surface area contributed by atoms with Crippen molar-refractivity contribution in [1.82, 2.24) is 4.90 Å². The van der Waals surface area contributed by atoms with Crippen LogP contribution in [0.15, 0.2) is 53.4 Å². The van der Waals surface area contributed by atoms with E-state index in [2.05, 4.69) is 0 Å². The van der Waals surface area contributed by atoms with Crippen molar-refractivity contribution >= 4 is 17.7 Å². The molecule has 4 nitrogen and oxygen atoms in total. The van der Waals surface area contributed by atoms with Gasteiger partial charge in [-0.1, -0.05) is 12.1 Å². The van der Waals surface area contributed by atoms with Crippen LogP contribution < -0.4 is 4.74 Å². The number of hydrogen-bond acceptors (Lipinski definition) is 4. The molecule has 138 valence electrons. The van der Waals surface area contributed by atoms with E-state index in [1.807, 2.05) is 48.2 Å². The molecule has 0 aliphatic carbocycles. The molecule has 2 aromatic carbocycles. The molecular weight excluding hydrogens is 346 g/mol. The summed E-state index contributed by atoms with van der Waals surface area (Å²) in [5, 5.41) is 9.40. The summed E-state index contributed by atoms with van der Waals surface area (Å²) in [6.07, 6.45) is 1.95. The summed E-state index contributed by atoms with van der Waals surface area (Å²) in [5.74, 6) is 2.30. The molecule has 1 N–H and O–H groups in total. The molecule has 3 rings (SSSR count). The number of carbonyl (C=O) groups is 1. The Morgan fingerprint density at radius 1 is 1.12 bits per heavy atom. The lowest BCUT2D eigenvalue weighted by Crippen LogP contribution is -2.38. The summed E-state index contributed by atoms with van der Waals surface area (Å²) in [5.41, 5.74) is 1.25. The Labute approximate surface area is 159 Å². The molecule has 0 spiro atoms. The monoisotopic (exact) mass is 371 g/mol. The number of rotatable bonds is 6. The third-order valence-electron chi connectivity index (χ3n) is 4.71. The standard InChI is InChI=1S/C21H25NO3S/c1-2-25-19-7-9-20(10-8-19)26-15-21(24)22-13-11-17(12-14-22)16-3-5-18(23)6-4-16/h3-10,17,23H,2,11-15H2,1H3. The largest absolute Gasteiger partial charge is 0.508 e. The summed E-state index contributed by atoms with van der Waals surface area (Å²) < 4.78 is 5.44. The van der Waals surface area contributed by atoms with Gasteiger partial charge in [-0.25, -0.2) is 0 Å². The van der Waals surface area contributed by atoms with E-state index in [4.69, 9.17) is 4.74 Å². The van der Waals surface area contributed by atoms with E-state index in [-0.39, 0.29) is 5.91 Å². The number of thioether (sulfide) groups is 1. The van der Waals surface area contributed by atoms with Gasteiger partial charge >= 0.3 is 0 Å². The molecule has 0 unspecified atom stereocenters. The Morgan fingerprint density at radius 2 is 1.77 bits per heavy atom. The molecule has 1 heterocycles. The number of ether oxygens (including phenoxy) is 1. The quantitative estimate of drug-likeness (QED) is 0.770. The molecule has 1 aliphatic rings. The van der Waals surface area contributed by atoms with E-state index in [0.29, 0.717) is 24.0 Å². The molecule has 0 aromatic heterocycles. The fraction of sp³-hybridized carbons (Fsp3) is 0.381. The fourth-order valence-electron chi connectivity index (χ4n) is 3.24. The number of likely N-dealkylation sites (tertiary alicyclic amines) is 1. The van der Waals surface area contributed by atoms with Crippen molar-refractivity contribution in [3.63, 3.8) is 0 Å². The summed E-state index contributed by atoms with van der Waals surface area (Å²) in [6.45, 7) is 4.22. The van der Waals surface area contributed by atoms with E-state index in [9.17, 15) is 9.90 Å². The molecule has 0 radical (unpaired) electrons. The first-order valence-corrected chi connectivity index (χ1v) is 10.1. The normalized spacial score (nSPS) is 15.0. The molecular formula is C21H25NO3S. The highest BCUT2D eigenvalue weighted by Crippen LogP contribution is 2.29. The second-order valence-electron chi connectivity index (χ2n) is 6.44. The zero-order valence-electron chi connectivity index (χ0n) is 15.1. The van der Waals surface area contributed by atoms with Crippen molar-refractivity contribution in [2.75, 3.05) is 25.4 Å². The van der Waals surface area contributed by atoms with Gasteiger partial charge < -0.3 is 14.7 Å². The van der Waals surface area contributed by atoms with Gasteiger partial charge in [-0.3, -0.25) is 4.79 Å². The van der Waals surface area contributed by atoms with Gasteiger partial charge in [0, 0.05) is 18.0 Å². The molecule has 0 bridgehead atoms. The number of phenols is 1. The Balaban J connectivity index is 1.45. The predicted octanol–water partition coefficient (Wildman–Crippen LogP) is 4.29. The molecule has 1 fully saturated rings. The number of aromatic hydroxyl groups is 1. The topological polar surface area (TPSA) is 49.8 Å². The van der Waals surface area contributed by atoms with Crippen LogP contribution in [0.3, 0.4) is 0 Å². The van der Waals surface area contributed by atoms with Crippen molar-refractivity contribution in [3.05, 3.63) is 54.1 Å². The summed E-state index contributed by atoms with van der Waals surface area (Å²) in [6, 6.07) is 15.3. The van der Waals surface area contributed by atoms with Crippen LogP contribution in [-0.2, 0) is 4.79 Å². The second-order valence-corrected chi connectivity index (χ2v) is 7.49. The predicted molar refractivity (Wildman–Crippen MR) is 105 cm³/mol. The highest BCUT2D eigenvalue weighted by molar-refractivity contribution is 8.00. The number of piperidine rings is 1. The third kappa shape index (κ3) is 4.94. The average molecular weight is 372 g/mol. The molecule has 1 saturated heterocycles. The highest BCUT2D eigenvalue weighted by atomic mass is 32.2. The van der Waals surface area contributed by atoms with Crippen LogP contribution in [0.2, 0.25) is 0 Å². The SMILES string of the molecule is CCOc1ccc(SCC(=O)N2CCC(c3ccc(O)cc3)CC2)cc1. The minimum Gasteiger partial charge on any atom is -0.508 e. The van der Waals surface area contributed by atoms with Crippen LogP contribution in [-0.4, -0.2) is 41.4 Å². The maximum absolute atomic E-state index is 12.5. The molecule has 0 saturated carbocycles. The van der Waals surface area contributed by atoms with Crippen molar-refractivity contribution in [2.24, 2.45) is 0 Å². The van der Waals surface area contributed by atoms with Gasteiger partial charge in [0.25, 0.3) is 0 Å². The molecule has 5 heteroatoms. The van der Waals surface area contributed by atoms with Gasteiger partial charge in [-0.2, -0.15) is 0 Å². The van der Waals surface area contributed by atoms with Gasteiger partial charge in [0.15, 0.2) is 0 Å². The maximum Gasteiger partial charge on any atom is 0.232 e. The van der Waals surface area contributed by atoms with Crippen molar-refractivity contribution in [1.29, 1.82) is 0 Å². The van der Waals surface area contributed by atoms with Gasteiger partial charge in [0.1, 0.15) is 11.5 Å². The molecule has 1 amide bonds. The third-order valence-corrected chi connectivity index (χ3v) is 5.71. The van der Waals surface area contributed by atoms with E-state index < -0.39 is 0 Å². The average Bonchev–Trinajstić information content (AvgIpc) is 2.68. The van der Waals surface area contributed by atoms with E-state index in [0.717, 1.165) is 36.6 Å². The number of amides is 1. The van der Waals surface area contributed by atoms with Crippen molar-refractivity contribution in [3.8, 4) is 11.5 Å². The zero-order valence-corrected chi connectivity index (χ0v) is 15.9. The molecule has 0 atom stereocenters. The lowest BCUT2D eigenvalue weighted by atomic mass is 9.89. The first-order valence-electron chi connectivity index (χ1n) is 9.08. The van der Waals surface area contributed by atoms with Crippen LogP contribution in [0.25, 0.3) is 0 Å². The number of carbonyl (C=O) groups excluding carboxylic acids is 1. The smallest absolute Gasteiger partial charge is 0.232 e. The number of hydrogen-bond donors (Lipinski definition) is 1. The highest BCUT2D eigenvalue weighted by Gasteiger charge is 2.23. The van der Waals surface area contributed by atoms with E-state index in [1.165, 1.54) is 5.56 Å². The fourth-order valence-corrected chi connectivity index (χ4v) is 4.05. The molecule has 1 aliphatic heterocycles. The number of nitrogens with zero attached hydrogens (tertiary/aromatic N) is 1. The maximum atomic E-state index is 12.5. The number of phenolic OH excluding ortho intramolecular Hbond substituents is 1. The summed E-state index contributed by atoms with van der Waals surface area (Å²) in [7, 11) is 0. The van der Waals surface area contributed by atoms with Crippen LogP contribution >= 0.6 is 11.8 Å². The Bertz CT molecular complexity index is 707. The first-order chi connectivity index (χ1) is 12.7. The Hall–Kier alpha value is -2.14. The Morgan fingerprint density at radius 3 is 2.38 bits per heavy atom. The van der Waals surface area contributed by atoms with Crippen LogP contribution in [0.1, 0.15) is 31.2 Å². The van der Waals surface area contributed by atoms with Gasteiger partial charge in [0.05, 0.1) is 12.4 Å². The van der Waals surface area contributed by atoms with Crippen LogP contribution in [0, 0.1) is 0 Å². The van der Waals surface area contributed by atoms with Crippen molar-refractivity contribution < 1.29 is 14.6 Å². The van der Waals surface area contributed by atoms with Gasteiger partial charge in [-0.05, 0) is 67.6 Å². The van der Waals surface area contributed by atoms with Crippen molar-refractivity contribution in [2.45, 2.75) is 30.6 Å². The minimum atomic E-state index is 0.202. The van der Waals surface area contributed by atoms with Gasteiger partial charge in [-0.15, -0.1) is 11.8 Å². The first kappa shape index (κ1) is 18.6. The lowest BCUT2D eigenvalue weighted by Gasteiger charge is -2.32. The van der Waals surface area contributed by atoms with Crippen LogP contribution in [0.5, 0.6) is 11.5 Å². The van der Waals surface area contributed by atoms with E-state index >= 15 is 0 Å². The van der Waals surface area contributed by atoms with Gasteiger partial charge in [0.2, 0.25) is 5.91 Å². The minimum absolute atomic E-state index is 0.202. The number of benzene rings is 2.